The van der Waals surface area contributed by atoms with E-state index < -0.39 is 0 Å². The summed E-state index contributed by atoms with van der Waals surface area (Å²) in [5.74, 6) is 1.31. The zero-order valence-electron chi connectivity index (χ0n) is 16.0. The first-order valence-corrected chi connectivity index (χ1v) is 10.3. The van der Waals surface area contributed by atoms with Crippen LogP contribution in [0.3, 0.4) is 0 Å². The first-order valence-electron chi connectivity index (χ1n) is 9.09. The highest BCUT2D eigenvalue weighted by Gasteiger charge is 2.15. The zero-order valence-corrected chi connectivity index (χ0v) is 17.5. The smallest absolute Gasteiger partial charge is 0.252 e. The molecule has 0 atom stereocenters. The molecular weight excluding hydrogens is 408 g/mol. The Morgan fingerprint density at radius 2 is 1.97 bits per heavy atom. The van der Waals surface area contributed by atoms with E-state index in [0.29, 0.717) is 29.4 Å². The summed E-state index contributed by atoms with van der Waals surface area (Å²) < 4.78 is 7.05. The number of fused-ring (bicyclic) bond motifs is 1. The van der Waals surface area contributed by atoms with Crippen molar-refractivity contribution in [1.82, 2.24) is 19.9 Å². The number of nitrogens with one attached hydrogen (secondary N) is 1. The van der Waals surface area contributed by atoms with Gasteiger partial charge in [-0.15, -0.1) is 5.10 Å². The van der Waals surface area contributed by atoms with E-state index in [1.807, 2.05) is 35.7 Å². The van der Waals surface area contributed by atoms with Gasteiger partial charge in [-0.1, -0.05) is 35.1 Å². The summed E-state index contributed by atoms with van der Waals surface area (Å²) in [5.41, 5.74) is 2.46. The van der Waals surface area contributed by atoms with Gasteiger partial charge in [-0.2, -0.15) is 4.98 Å². The van der Waals surface area contributed by atoms with Gasteiger partial charge in [0.25, 0.3) is 5.91 Å². The van der Waals surface area contributed by atoms with Crippen LogP contribution >= 0.6 is 22.9 Å². The Labute approximate surface area is 177 Å². The normalized spacial score (nSPS) is 11.0. The number of methoxy groups -OCH3 is 1. The number of nitrogens with zero attached hydrogens (tertiary/aromatic N) is 3. The second kappa shape index (κ2) is 8.23. The largest absolute Gasteiger partial charge is 0.497 e. The lowest BCUT2D eigenvalue weighted by molar-refractivity contribution is 0.0954. The lowest BCUT2D eigenvalue weighted by Gasteiger charge is -2.06. The standard InChI is InChI=1S/C21H19ClN4O2S/c1-13-18(11-12-23-20(27)16-5-3-4-6-17(16)22)29-21-24-19(25-26(13)21)14-7-9-15(28-2)10-8-14/h3-10H,11-12H2,1-2H3,(H,23,27). The predicted molar refractivity (Wildman–Crippen MR) is 115 cm³/mol. The van der Waals surface area contributed by atoms with Gasteiger partial charge < -0.3 is 10.1 Å². The molecule has 2 aromatic carbocycles. The van der Waals surface area contributed by atoms with Crippen LogP contribution in [0.2, 0.25) is 5.02 Å². The van der Waals surface area contributed by atoms with Crippen LogP contribution in [0.1, 0.15) is 20.9 Å². The summed E-state index contributed by atoms with van der Waals surface area (Å²) in [4.78, 5) is 18.9. The maximum absolute atomic E-state index is 12.3. The molecule has 29 heavy (non-hydrogen) atoms. The minimum absolute atomic E-state index is 0.172. The summed E-state index contributed by atoms with van der Waals surface area (Å²) in [7, 11) is 1.64. The molecule has 0 fully saturated rings. The van der Waals surface area contributed by atoms with Crippen molar-refractivity contribution in [1.29, 1.82) is 0 Å². The maximum atomic E-state index is 12.3. The molecule has 1 amide bonds. The molecule has 0 saturated carbocycles. The second-order valence-electron chi connectivity index (χ2n) is 6.45. The Morgan fingerprint density at radius 1 is 1.21 bits per heavy atom. The number of ether oxygens (including phenoxy) is 1. The third-order valence-corrected chi connectivity index (χ3v) is 6.14. The number of hydrogen-bond donors (Lipinski definition) is 1. The third-order valence-electron chi connectivity index (χ3n) is 4.62. The fourth-order valence-electron chi connectivity index (χ4n) is 3.01. The molecule has 0 spiro atoms. The van der Waals surface area contributed by atoms with Gasteiger partial charge in [0.15, 0.2) is 5.82 Å². The first kappa shape index (κ1) is 19.4. The van der Waals surface area contributed by atoms with Crippen molar-refractivity contribution in [3.05, 3.63) is 69.7 Å². The summed E-state index contributed by atoms with van der Waals surface area (Å²) in [6, 6.07) is 14.7. The van der Waals surface area contributed by atoms with Gasteiger partial charge in [-0.25, -0.2) is 4.52 Å². The highest BCUT2D eigenvalue weighted by molar-refractivity contribution is 7.17. The topological polar surface area (TPSA) is 68.5 Å². The molecule has 0 aliphatic rings. The number of aromatic nitrogens is 3. The number of aryl methyl sites for hydroxylation is 1. The summed E-state index contributed by atoms with van der Waals surface area (Å²) in [5, 5.41) is 8.00. The van der Waals surface area contributed by atoms with E-state index in [9.17, 15) is 4.79 Å². The molecule has 1 N–H and O–H groups in total. The average Bonchev–Trinajstić information content (AvgIpc) is 3.28. The van der Waals surface area contributed by atoms with E-state index in [1.165, 1.54) is 0 Å². The van der Waals surface area contributed by atoms with Crippen LogP contribution in [-0.4, -0.2) is 34.2 Å². The number of hydrogen-bond acceptors (Lipinski definition) is 5. The Kier molecular flexibility index (Phi) is 5.51. The molecule has 0 unspecified atom stereocenters. The Balaban J connectivity index is 1.45. The molecule has 0 aliphatic heterocycles. The van der Waals surface area contributed by atoms with Crippen molar-refractivity contribution >= 4 is 33.8 Å². The van der Waals surface area contributed by atoms with Gasteiger partial charge in [-0.05, 0) is 43.3 Å². The van der Waals surface area contributed by atoms with Crippen LogP contribution in [-0.2, 0) is 6.42 Å². The number of carbonyl (C=O) groups excluding carboxylic acids is 1. The van der Waals surface area contributed by atoms with E-state index in [2.05, 4.69) is 15.4 Å². The minimum Gasteiger partial charge on any atom is -0.497 e. The molecule has 6 nitrogen and oxygen atoms in total. The van der Waals surface area contributed by atoms with E-state index in [0.717, 1.165) is 26.8 Å². The Hall–Kier alpha value is -2.90. The van der Waals surface area contributed by atoms with E-state index in [4.69, 9.17) is 16.3 Å². The summed E-state index contributed by atoms with van der Waals surface area (Å²) in [6.07, 6.45) is 0.704. The lowest BCUT2D eigenvalue weighted by Crippen LogP contribution is -2.25. The van der Waals surface area contributed by atoms with Gasteiger partial charge in [0.05, 0.1) is 23.4 Å². The fourth-order valence-corrected chi connectivity index (χ4v) is 4.29. The molecule has 8 heteroatoms. The fraction of sp³-hybridized carbons (Fsp3) is 0.190. The van der Waals surface area contributed by atoms with E-state index >= 15 is 0 Å². The number of amides is 1. The van der Waals surface area contributed by atoms with Crippen LogP contribution in [0.5, 0.6) is 5.75 Å². The number of halogens is 1. The number of benzene rings is 2. The van der Waals surface area contributed by atoms with E-state index in [1.54, 1.807) is 42.7 Å². The van der Waals surface area contributed by atoms with Crippen molar-refractivity contribution in [2.24, 2.45) is 0 Å². The van der Waals surface area contributed by atoms with Gasteiger partial charge in [0.2, 0.25) is 4.96 Å². The minimum atomic E-state index is -0.172. The van der Waals surface area contributed by atoms with Crippen LogP contribution in [0, 0.1) is 6.92 Å². The predicted octanol–water partition coefficient (Wildman–Crippen LogP) is 4.40. The van der Waals surface area contributed by atoms with Gasteiger partial charge in [0, 0.05) is 23.4 Å². The van der Waals surface area contributed by atoms with Crippen LogP contribution in [0.15, 0.2) is 48.5 Å². The highest BCUT2D eigenvalue weighted by atomic mass is 35.5. The monoisotopic (exact) mass is 426 g/mol. The van der Waals surface area contributed by atoms with E-state index in [-0.39, 0.29) is 5.91 Å². The van der Waals surface area contributed by atoms with Crippen molar-refractivity contribution in [2.75, 3.05) is 13.7 Å². The van der Waals surface area contributed by atoms with Crippen molar-refractivity contribution in [3.8, 4) is 17.1 Å². The molecule has 0 aliphatic carbocycles. The number of rotatable bonds is 6. The first-order chi connectivity index (χ1) is 14.1. The number of thiazole rings is 1. The Morgan fingerprint density at radius 3 is 2.66 bits per heavy atom. The van der Waals surface area contributed by atoms with Crippen LogP contribution in [0.25, 0.3) is 16.3 Å². The molecule has 0 bridgehead atoms. The zero-order chi connectivity index (χ0) is 20.4. The molecular formula is C21H19ClN4O2S. The molecule has 0 radical (unpaired) electrons. The van der Waals surface area contributed by atoms with Gasteiger partial charge in [0.1, 0.15) is 5.75 Å². The molecule has 4 aromatic rings. The molecule has 4 rings (SSSR count). The highest BCUT2D eigenvalue weighted by Crippen LogP contribution is 2.26. The number of carbonyl (C=O) groups is 1. The van der Waals surface area contributed by atoms with Crippen molar-refractivity contribution in [3.63, 3.8) is 0 Å². The van der Waals surface area contributed by atoms with Gasteiger partial charge >= 0.3 is 0 Å². The third kappa shape index (κ3) is 3.97. The maximum Gasteiger partial charge on any atom is 0.252 e. The second-order valence-corrected chi connectivity index (χ2v) is 7.92. The van der Waals surface area contributed by atoms with Gasteiger partial charge in [-0.3, -0.25) is 4.79 Å². The van der Waals surface area contributed by atoms with Crippen LogP contribution < -0.4 is 10.1 Å². The molecule has 2 heterocycles. The summed E-state index contributed by atoms with van der Waals surface area (Å²) in [6.45, 7) is 2.53. The quantitative estimate of drug-likeness (QED) is 0.496. The average molecular weight is 427 g/mol. The summed E-state index contributed by atoms with van der Waals surface area (Å²) >= 11 is 7.66. The molecule has 0 saturated heterocycles. The Bertz CT molecular complexity index is 1170. The molecule has 2 aromatic heterocycles. The van der Waals surface area contributed by atoms with Crippen LogP contribution in [0.4, 0.5) is 0 Å². The lowest BCUT2D eigenvalue weighted by atomic mass is 10.2. The van der Waals surface area contributed by atoms with Crippen molar-refractivity contribution in [2.45, 2.75) is 13.3 Å². The van der Waals surface area contributed by atoms with Crippen molar-refractivity contribution < 1.29 is 9.53 Å². The SMILES string of the molecule is COc1ccc(-c2nc3sc(CCNC(=O)c4ccccc4Cl)c(C)n3n2)cc1. The molecule has 148 valence electrons.